The number of fused-ring (bicyclic) bond motifs is 2. The zero-order valence-electron chi connectivity index (χ0n) is 52.6. The highest BCUT2D eigenvalue weighted by atomic mass is 28.4. The maximum absolute atomic E-state index is 8.37. The van der Waals surface area contributed by atoms with E-state index in [9.17, 15) is 0 Å². The SMILES string of the molecule is CC[Si](CC)(CC)OC12c3ccc(cc3)-c3ccc(cc3)C3(O[Si](CC)(CC)CC)c4ccccc4C(O[Si](CC)(CC)CC)(c4ccc(cc4)-c4ccc(cc4)C(O[Si](CC)(CC)CC)(c4ccccc41)c1ccccc12)c1ccccc13. The van der Waals surface area contributed by atoms with E-state index in [1.54, 1.807) is 0 Å². The van der Waals surface area contributed by atoms with Crippen molar-refractivity contribution in [2.45, 2.75) is 178 Å². The van der Waals surface area contributed by atoms with Crippen LogP contribution < -0.4 is 0 Å². The van der Waals surface area contributed by atoms with Crippen molar-refractivity contribution in [3.05, 3.63) is 261 Å². The van der Waals surface area contributed by atoms with Crippen molar-refractivity contribution in [2.75, 3.05) is 0 Å². The van der Waals surface area contributed by atoms with Gasteiger partial charge in [-0.2, -0.15) is 0 Å². The quantitative estimate of drug-likeness (QED) is 0.0713. The van der Waals surface area contributed by atoms with Crippen LogP contribution in [0, 0.1) is 0 Å². The molecule has 0 radical (unpaired) electrons. The van der Waals surface area contributed by atoms with Crippen molar-refractivity contribution in [1.29, 1.82) is 0 Å². The van der Waals surface area contributed by atoms with Crippen LogP contribution in [0.4, 0.5) is 0 Å². The van der Waals surface area contributed by atoms with Crippen LogP contribution in [0.25, 0.3) is 22.3 Å². The Labute approximate surface area is 509 Å². The van der Waals surface area contributed by atoms with E-state index in [1.807, 2.05) is 0 Å². The Kier molecular flexibility index (Phi) is 16.9. The average molecular weight is 1180 g/mol. The summed E-state index contributed by atoms with van der Waals surface area (Å²) in [5, 5.41) is 0. The molecule has 0 saturated carbocycles. The van der Waals surface area contributed by atoms with E-state index >= 15 is 0 Å². The summed E-state index contributed by atoms with van der Waals surface area (Å²) in [6.07, 6.45) is 0. The van der Waals surface area contributed by atoms with E-state index in [0.29, 0.717) is 0 Å². The maximum atomic E-state index is 8.37. The van der Waals surface area contributed by atoms with Crippen LogP contribution in [0.5, 0.6) is 0 Å². The second-order valence-corrected chi connectivity index (χ2v) is 43.4. The van der Waals surface area contributed by atoms with E-state index in [0.717, 1.165) is 117 Å². The van der Waals surface area contributed by atoms with Gasteiger partial charge in [-0.3, -0.25) is 0 Å². The largest absolute Gasteiger partial charge is 0.399 e. The van der Waals surface area contributed by atoms with Crippen LogP contribution in [-0.2, 0) is 40.1 Å². The molecule has 9 aliphatic rings. The van der Waals surface area contributed by atoms with Crippen molar-refractivity contribution in [2.24, 2.45) is 0 Å². The zero-order chi connectivity index (χ0) is 59.2. The molecule has 4 nitrogen and oxygen atoms in total. The van der Waals surface area contributed by atoms with Gasteiger partial charge in [0.2, 0.25) is 0 Å². The summed E-state index contributed by atoms with van der Waals surface area (Å²) < 4.78 is 33.5. The van der Waals surface area contributed by atoms with Crippen LogP contribution >= 0.6 is 0 Å². The monoisotopic (exact) mass is 1180 g/mol. The molecule has 9 aliphatic carbocycles. The number of hydrogen-bond donors (Lipinski definition) is 0. The van der Waals surface area contributed by atoms with E-state index in [-0.39, 0.29) is 0 Å². The molecule has 12 bridgehead atoms. The Morgan fingerprint density at radius 3 is 0.452 bits per heavy atom. The average Bonchev–Trinajstić information content (AvgIpc) is 0.777. The van der Waals surface area contributed by atoms with E-state index in [4.69, 9.17) is 17.7 Å². The lowest BCUT2D eigenvalue weighted by molar-refractivity contribution is 0.0902. The molecule has 0 N–H and O–H groups in total. The molecule has 0 fully saturated rings. The fourth-order valence-electron chi connectivity index (χ4n) is 15.6. The molecule has 0 amide bonds. The zero-order valence-corrected chi connectivity index (χ0v) is 56.6. The summed E-state index contributed by atoms with van der Waals surface area (Å²) in [4.78, 5) is 0. The van der Waals surface area contributed by atoms with Gasteiger partial charge in [0, 0.05) is 0 Å². The Hall–Kier alpha value is -5.53. The third kappa shape index (κ3) is 9.12. The third-order valence-electron chi connectivity index (χ3n) is 21.8. The second-order valence-electron chi connectivity index (χ2n) is 24.6. The van der Waals surface area contributed by atoms with Crippen LogP contribution in [0.3, 0.4) is 0 Å². The van der Waals surface area contributed by atoms with Gasteiger partial charge in [0.05, 0.1) is 0 Å². The van der Waals surface area contributed by atoms with E-state index in [2.05, 4.69) is 277 Å². The highest BCUT2D eigenvalue weighted by Crippen LogP contribution is 2.62. The molecule has 0 unspecified atom stereocenters. The minimum Gasteiger partial charge on any atom is -0.399 e. The van der Waals surface area contributed by atoms with Crippen molar-refractivity contribution in [3.8, 4) is 22.3 Å². The van der Waals surface area contributed by atoms with Gasteiger partial charge >= 0.3 is 0 Å². The first-order valence-electron chi connectivity index (χ1n) is 32.5. The molecule has 17 rings (SSSR count). The van der Waals surface area contributed by atoms with Crippen LogP contribution in [0.1, 0.15) is 150 Å². The van der Waals surface area contributed by atoms with Gasteiger partial charge in [-0.1, -0.05) is 277 Å². The van der Waals surface area contributed by atoms with Crippen LogP contribution in [0.2, 0.25) is 72.5 Å². The summed E-state index contributed by atoms with van der Waals surface area (Å²) in [5.74, 6) is 0. The minimum atomic E-state index is -2.39. The third-order valence-corrected chi connectivity index (χ3v) is 40.2. The fourth-order valence-corrected chi connectivity index (χ4v) is 27.3. The molecule has 84 heavy (non-hydrogen) atoms. The molecule has 0 aliphatic heterocycles. The summed E-state index contributed by atoms with van der Waals surface area (Å²) in [7, 11) is -9.55. The molecule has 8 aromatic rings. The molecule has 8 aromatic carbocycles. The Balaban J connectivity index is 1.26. The van der Waals surface area contributed by atoms with E-state index < -0.39 is 55.7 Å². The first kappa shape index (κ1) is 60.2. The van der Waals surface area contributed by atoms with Crippen molar-refractivity contribution >= 4 is 33.3 Å². The second kappa shape index (κ2) is 23.6. The van der Waals surface area contributed by atoms with Gasteiger partial charge in [-0.15, -0.1) is 0 Å². The first-order chi connectivity index (χ1) is 40.8. The van der Waals surface area contributed by atoms with Gasteiger partial charge in [-0.05, 0) is 162 Å². The maximum Gasteiger partial charge on any atom is 0.194 e. The molecular formula is C76H92O4Si4. The molecule has 8 heteroatoms. The molecule has 0 atom stereocenters. The summed E-state index contributed by atoms with van der Waals surface area (Å²) in [6.45, 7) is 28.4. The lowest BCUT2D eigenvalue weighted by Gasteiger charge is -2.54. The highest BCUT2D eigenvalue weighted by molar-refractivity contribution is 6.75. The molecule has 436 valence electrons. The fraction of sp³-hybridized carbons (Fsp3) is 0.368. The Bertz CT molecular complexity index is 2970. The Morgan fingerprint density at radius 1 is 0.202 bits per heavy atom. The van der Waals surface area contributed by atoms with E-state index in [1.165, 1.54) is 44.5 Å². The molecule has 0 heterocycles. The molecule has 0 saturated heterocycles. The lowest BCUT2D eigenvalue weighted by atomic mass is 9.63. The standard InChI is InChI=1S/C76H92O4Si4/c1-13-81(14-2,15-3)77-73-61-49-41-57(42-50-61)58-45-53-63(54-46-58)75(79-83(19-7,20-8)21-9)69-37-29-31-39-71(69)76(72-40-32-30-38-70(72)75,80-84(22-10,23-11)24-12)64-55-47-60(48-56-64)59-43-51-62(52-44-59)74(67-35-27-25-33-65(67)73,68-36-28-26-34-66(68)73)78-82(16-4,17-5)18-6/h25-56H,13-24H2,1-12H3. The van der Waals surface area contributed by atoms with Gasteiger partial charge in [-0.25, -0.2) is 0 Å². The predicted octanol–water partition coefficient (Wildman–Crippen LogP) is 21.2. The topological polar surface area (TPSA) is 36.9 Å². The first-order valence-corrected chi connectivity index (χ1v) is 42.6. The van der Waals surface area contributed by atoms with Crippen molar-refractivity contribution in [1.82, 2.24) is 0 Å². The van der Waals surface area contributed by atoms with Crippen molar-refractivity contribution in [3.63, 3.8) is 0 Å². The summed E-state index contributed by atoms with van der Waals surface area (Å²) in [5.41, 5.74) is 15.0. The number of benzene rings is 8. The molecule has 0 spiro atoms. The number of hydrogen-bond acceptors (Lipinski definition) is 4. The Morgan fingerprint density at radius 2 is 0.333 bits per heavy atom. The van der Waals surface area contributed by atoms with Crippen molar-refractivity contribution < 1.29 is 17.7 Å². The smallest absolute Gasteiger partial charge is 0.194 e. The lowest BCUT2D eigenvalue weighted by Crippen LogP contribution is -2.55. The van der Waals surface area contributed by atoms with Crippen LogP contribution in [-0.4, -0.2) is 33.3 Å². The predicted molar refractivity (Wildman–Crippen MR) is 362 cm³/mol. The highest BCUT2D eigenvalue weighted by Gasteiger charge is 2.60. The van der Waals surface area contributed by atoms with Crippen LogP contribution in [0.15, 0.2) is 194 Å². The van der Waals surface area contributed by atoms with Gasteiger partial charge in [0.25, 0.3) is 0 Å². The molecular weight excluding hydrogens is 1090 g/mol. The van der Waals surface area contributed by atoms with Gasteiger partial charge in [0.15, 0.2) is 33.3 Å². The molecule has 0 aromatic heterocycles. The number of rotatable bonds is 20. The minimum absolute atomic E-state index is 0.910. The summed E-state index contributed by atoms with van der Waals surface area (Å²) >= 11 is 0. The van der Waals surface area contributed by atoms with Gasteiger partial charge < -0.3 is 17.7 Å². The van der Waals surface area contributed by atoms with Gasteiger partial charge in [0.1, 0.15) is 22.4 Å². The normalized spacial score (nSPS) is 20.6. The summed E-state index contributed by atoms with van der Waals surface area (Å²) in [6, 6.07) is 87.1.